The Bertz CT molecular complexity index is 279. The summed E-state index contributed by atoms with van der Waals surface area (Å²) in [7, 11) is 0. The highest BCUT2D eigenvalue weighted by atomic mass is 14.6. The standard InChI is InChI=1S/C13H21N/c1-10-5-7-11(8-6-10)12(14)9-13(2,3)4/h5-8,12H,9,14H2,1-4H3/t12-/m1/s1. The lowest BCUT2D eigenvalue weighted by atomic mass is 9.86. The number of aryl methyl sites for hydroxylation is 1. The average molecular weight is 191 g/mol. The van der Waals surface area contributed by atoms with Crippen molar-refractivity contribution in [1.82, 2.24) is 0 Å². The predicted molar refractivity (Wildman–Crippen MR) is 62.2 cm³/mol. The molecule has 0 fully saturated rings. The first kappa shape index (κ1) is 11.3. The highest BCUT2D eigenvalue weighted by molar-refractivity contribution is 5.23. The van der Waals surface area contributed by atoms with E-state index in [-0.39, 0.29) is 6.04 Å². The maximum atomic E-state index is 6.13. The van der Waals surface area contributed by atoms with Gasteiger partial charge in [-0.05, 0) is 24.3 Å². The minimum Gasteiger partial charge on any atom is -0.324 e. The molecule has 14 heavy (non-hydrogen) atoms. The fourth-order valence-corrected chi connectivity index (χ4v) is 1.59. The van der Waals surface area contributed by atoms with E-state index in [1.54, 1.807) is 0 Å². The summed E-state index contributed by atoms with van der Waals surface area (Å²) < 4.78 is 0. The molecule has 0 bridgehead atoms. The van der Waals surface area contributed by atoms with Gasteiger partial charge in [0.05, 0.1) is 0 Å². The summed E-state index contributed by atoms with van der Waals surface area (Å²) in [5.41, 5.74) is 8.96. The molecule has 1 rings (SSSR count). The van der Waals surface area contributed by atoms with E-state index in [9.17, 15) is 0 Å². The number of hydrogen-bond acceptors (Lipinski definition) is 1. The Morgan fingerprint density at radius 2 is 1.64 bits per heavy atom. The van der Waals surface area contributed by atoms with Crippen LogP contribution in [-0.4, -0.2) is 0 Å². The largest absolute Gasteiger partial charge is 0.324 e. The molecule has 1 aromatic carbocycles. The van der Waals surface area contributed by atoms with Gasteiger partial charge in [0.2, 0.25) is 0 Å². The van der Waals surface area contributed by atoms with Gasteiger partial charge in [0.25, 0.3) is 0 Å². The number of hydrogen-bond donors (Lipinski definition) is 1. The molecule has 0 aliphatic rings. The zero-order chi connectivity index (χ0) is 10.8. The zero-order valence-corrected chi connectivity index (χ0v) is 9.67. The third-order valence-electron chi connectivity index (χ3n) is 2.34. The van der Waals surface area contributed by atoms with E-state index in [1.165, 1.54) is 11.1 Å². The molecular weight excluding hydrogens is 170 g/mol. The second-order valence-corrected chi connectivity index (χ2v) is 5.28. The van der Waals surface area contributed by atoms with E-state index in [4.69, 9.17) is 5.73 Å². The Balaban J connectivity index is 2.70. The normalized spacial score (nSPS) is 14.1. The molecule has 0 aliphatic heterocycles. The minimum absolute atomic E-state index is 0.163. The second-order valence-electron chi connectivity index (χ2n) is 5.28. The van der Waals surface area contributed by atoms with Gasteiger partial charge in [-0.25, -0.2) is 0 Å². The summed E-state index contributed by atoms with van der Waals surface area (Å²) in [6.07, 6.45) is 1.02. The Morgan fingerprint density at radius 1 is 1.14 bits per heavy atom. The predicted octanol–water partition coefficient (Wildman–Crippen LogP) is 3.43. The number of benzene rings is 1. The topological polar surface area (TPSA) is 26.0 Å². The van der Waals surface area contributed by atoms with Gasteiger partial charge in [-0.1, -0.05) is 50.6 Å². The van der Waals surface area contributed by atoms with E-state index in [0.29, 0.717) is 5.41 Å². The molecular formula is C13H21N. The van der Waals surface area contributed by atoms with Gasteiger partial charge in [0.1, 0.15) is 0 Å². The van der Waals surface area contributed by atoms with Gasteiger partial charge < -0.3 is 5.73 Å². The molecule has 2 N–H and O–H groups in total. The molecule has 0 saturated heterocycles. The molecule has 0 radical (unpaired) electrons. The zero-order valence-electron chi connectivity index (χ0n) is 9.67. The van der Waals surface area contributed by atoms with E-state index in [1.807, 2.05) is 0 Å². The first-order valence-electron chi connectivity index (χ1n) is 5.21. The lowest BCUT2D eigenvalue weighted by molar-refractivity contribution is 0.343. The smallest absolute Gasteiger partial charge is 0.0299 e. The van der Waals surface area contributed by atoms with E-state index < -0.39 is 0 Å². The third kappa shape index (κ3) is 3.51. The van der Waals surface area contributed by atoms with Crippen molar-refractivity contribution in [2.45, 2.75) is 40.2 Å². The molecule has 0 unspecified atom stereocenters. The van der Waals surface area contributed by atoms with Crippen molar-refractivity contribution in [3.63, 3.8) is 0 Å². The molecule has 78 valence electrons. The monoisotopic (exact) mass is 191 g/mol. The van der Waals surface area contributed by atoms with Gasteiger partial charge in [-0.2, -0.15) is 0 Å². The minimum atomic E-state index is 0.163. The van der Waals surface area contributed by atoms with E-state index >= 15 is 0 Å². The van der Waals surface area contributed by atoms with Gasteiger partial charge in [-0.15, -0.1) is 0 Å². The molecule has 0 aromatic heterocycles. The van der Waals surface area contributed by atoms with Crippen LogP contribution in [0.25, 0.3) is 0 Å². The highest BCUT2D eigenvalue weighted by Crippen LogP contribution is 2.27. The SMILES string of the molecule is Cc1ccc([C@H](N)CC(C)(C)C)cc1. The Kier molecular flexibility index (Phi) is 3.33. The van der Waals surface area contributed by atoms with Gasteiger partial charge in [0, 0.05) is 6.04 Å². The van der Waals surface area contributed by atoms with Crippen molar-refractivity contribution in [3.8, 4) is 0 Å². The summed E-state index contributed by atoms with van der Waals surface area (Å²) in [6, 6.07) is 8.67. The molecule has 1 heteroatoms. The van der Waals surface area contributed by atoms with Gasteiger partial charge >= 0.3 is 0 Å². The van der Waals surface area contributed by atoms with Crippen molar-refractivity contribution in [2.75, 3.05) is 0 Å². The fourth-order valence-electron chi connectivity index (χ4n) is 1.59. The summed E-state index contributed by atoms with van der Waals surface area (Å²) in [4.78, 5) is 0. The molecule has 1 atom stereocenters. The van der Waals surface area contributed by atoms with Crippen molar-refractivity contribution in [2.24, 2.45) is 11.1 Å². The quantitative estimate of drug-likeness (QED) is 0.761. The highest BCUT2D eigenvalue weighted by Gasteiger charge is 2.16. The van der Waals surface area contributed by atoms with Gasteiger partial charge in [-0.3, -0.25) is 0 Å². The molecule has 0 amide bonds. The van der Waals surface area contributed by atoms with E-state index in [2.05, 4.69) is 52.0 Å². The van der Waals surface area contributed by atoms with Crippen LogP contribution in [0.4, 0.5) is 0 Å². The van der Waals surface area contributed by atoms with Crippen molar-refractivity contribution >= 4 is 0 Å². The Hall–Kier alpha value is -0.820. The van der Waals surface area contributed by atoms with Crippen LogP contribution in [0, 0.1) is 12.3 Å². The molecule has 1 aromatic rings. The first-order valence-corrected chi connectivity index (χ1v) is 5.21. The van der Waals surface area contributed by atoms with E-state index in [0.717, 1.165) is 6.42 Å². The van der Waals surface area contributed by atoms with Crippen LogP contribution in [0.15, 0.2) is 24.3 Å². The Morgan fingerprint density at radius 3 is 2.07 bits per heavy atom. The first-order chi connectivity index (χ1) is 6.38. The van der Waals surface area contributed by atoms with Crippen molar-refractivity contribution in [3.05, 3.63) is 35.4 Å². The van der Waals surface area contributed by atoms with Crippen LogP contribution in [0.5, 0.6) is 0 Å². The number of nitrogens with two attached hydrogens (primary N) is 1. The van der Waals surface area contributed by atoms with Crippen LogP contribution < -0.4 is 5.73 Å². The van der Waals surface area contributed by atoms with Crippen molar-refractivity contribution in [1.29, 1.82) is 0 Å². The molecule has 0 spiro atoms. The summed E-state index contributed by atoms with van der Waals surface area (Å²) in [5, 5.41) is 0. The third-order valence-corrected chi connectivity index (χ3v) is 2.34. The van der Waals surface area contributed by atoms with Crippen LogP contribution in [-0.2, 0) is 0 Å². The fraction of sp³-hybridized carbons (Fsp3) is 0.538. The number of rotatable bonds is 2. The summed E-state index contributed by atoms with van der Waals surface area (Å²) >= 11 is 0. The Labute approximate surface area is 87.3 Å². The lowest BCUT2D eigenvalue weighted by Gasteiger charge is -2.23. The van der Waals surface area contributed by atoms with Gasteiger partial charge in [0.15, 0.2) is 0 Å². The van der Waals surface area contributed by atoms with Crippen LogP contribution in [0.1, 0.15) is 44.4 Å². The maximum Gasteiger partial charge on any atom is 0.0299 e. The van der Waals surface area contributed by atoms with Crippen LogP contribution in [0.3, 0.4) is 0 Å². The average Bonchev–Trinajstić information content (AvgIpc) is 2.02. The molecule has 0 heterocycles. The van der Waals surface area contributed by atoms with Crippen LogP contribution >= 0.6 is 0 Å². The lowest BCUT2D eigenvalue weighted by Crippen LogP contribution is -2.18. The molecule has 1 nitrogen and oxygen atoms in total. The molecule has 0 saturated carbocycles. The molecule has 0 aliphatic carbocycles. The van der Waals surface area contributed by atoms with Crippen molar-refractivity contribution < 1.29 is 0 Å². The maximum absolute atomic E-state index is 6.13. The second kappa shape index (κ2) is 4.14. The summed E-state index contributed by atoms with van der Waals surface area (Å²) in [6.45, 7) is 8.77. The van der Waals surface area contributed by atoms with Crippen LogP contribution in [0.2, 0.25) is 0 Å². The summed E-state index contributed by atoms with van der Waals surface area (Å²) in [5.74, 6) is 0.